The van der Waals surface area contributed by atoms with Crippen LogP contribution < -0.4 is 5.32 Å². The molecule has 0 amide bonds. The predicted octanol–water partition coefficient (Wildman–Crippen LogP) is 3.32. The summed E-state index contributed by atoms with van der Waals surface area (Å²) >= 11 is 0. The second-order valence-corrected chi connectivity index (χ2v) is 7.18. The van der Waals surface area contributed by atoms with Gasteiger partial charge in [0.15, 0.2) is 0 Å². The first-order valence-electron chi connectivity index (χ1n) is 7.33. The monoisotopic (exact) mass is 264 g/mol. The van der Waals surface area contributed by atoms with Crippen molar-refractivity contribution in [3.8, 4) is 0 Å². The molecule has 0 saturated heterocycles. The minimum absolute atomic E-state index is 0.336. The average molecular weight is 264 g/mol. The second-order valence-electron chi connectivity index (χ2n) is 7.18. The van der Waals surface area contributed by atoms with Gasteiger partial charge in [-0.3, -0.25) is 0 Å². The van der Waals surface area contributed by atoms with Crippen LogP contribution in [0.2, 0.25) is 0 Å². The van der Waals surface area contributed by atoms with Crippen molar-refractivity contribution in [1.82, 2.24) is 10.2 Å². The Morgan fingerprint density at radius 2 is 2.05 bits per heavy atom. The zero-order chi connectivity index (χ0) is 14.0. The maximum Gasteiger partial charge on any atom is 0.118 e. The molecule has 1 aromatic heterocycles. The second kappa shape index (κ2) is 5.68. The van der Waals surface area contributed by atoms with Crippen LogP contribution in [0.3, 0.4) is 0 Å². The Balaban J connectivity index is 1.88. The van der Waals surface area contributed by atoms with E-state index in [-0.39, 0.29) is 0 Å². The van der Waals surface area contributed by atoms with E-state index < -0.39 is 0 Å². The van der Waals surface area contributed by atoms with E-state index in [1.807, 2.05) is 0 Å². The molecule has 1 N–H and O–H groups in total. The van der Waals surface area contributed by atoms with Crippen LogP contribution in [-0.2, 0) is 13.1 Å². The number of furan rings is 1. The lowest BCUT2D eigenvalue weighted by molar-refractivity contribution is 0.220. The normalized spacial score (nSPS) is 16.3. The molecule has 0 unspecified atom stereocenters. The van der Waals surface area contributed by atoms with Crippen molar-refractivity contribution < 1.29 is 4.42 Å². The van der Waals surface area contributed by atoms with Crippen molar-refractivity contribution in [3.63, 3.8) is 0 Å². The van der Waals surface area contributed by atoms with Gasteiger partial charge in [0, 0.05) is 24.7 Å². The summed E-state index contributed by atoms with van der Waals surface area (Å²) in [7, 11) is 2.18. The van der Waals surface area contributed by atoms with Crippen LogP contribution in [-0.4, -0.2) is 24.5 Å². The van der Waals surface area contributed by atoms with E-state index in [2.05, 4.69) is 51.0 Å². The molecule has 0 atom stereocenters. The third-order valence-electron chi connectivity index (χ3n) is 3.40. The van der Waals surface area contributed by atoms with E-state index >= 15 is 0 Å². The highest BCUT2D eigenvalue weighted by molar-refractivity contribution is 5.20. The fourth-order valence-electron chi connectivity index (χ4n) is 2.52. The smallest absolute Gasteiger partial charge is 0.118 e. The topological polar surface area (TPSA) is 28.4 Å². The molecule has 0 bridgehead atoms. The number of hydrogen-bond acceptors (Lipinski definition) is 3. The summed E-state index contributed by atoms with van der Waals surface area (Å²) in [5.74, 6) is 2.14. The van der Waals surface area contributed by atoms with Gasteiger partial charge in [0.05, 0.1) is 6.54 Å². The molecule has 1 aliphatic carbocycles. The van der Waals surface area contributed by atoms with Gasteiger partial charge in [-0.1, -0.05) is 20.8 Å². The summed E-state index contributed by atoms with van der Waals surface area (Å²) < 4.78 is 5.83. The molecule has 3 heteroatoms. The van der Waals surface area contributed by atoms with Crippen molar-refractivity contribution in [2.45, 2.75) is 59.7 Å². The minimum atomic E-state index is 0.336. The lowest BCUT2D eigenvalue weighted by Crippen LogP contribution is -2.28. The molecule has 1 fully saturated rings. The van der Waals surface area contributed by atoms with Crippen molar-refractivity contribution in [1.29, 1.82) is 0 Å². The first-order chi connectivity index (χ1) is 8.83. The molecule has 0 spiro atoms. The quantitative estimate of drug-likeness (QED) is 0.854. The van der Waals surface area contributed by atoms with Gasteiger partial charge in [-0.15, -0.1) is 0 Å². The van der Waals surface area contributed by atoms with E-state index in [0.29, 0.717) is 5.41 Å². The lowest BCUT2D eigenvalue weighted by Gasteiger charge is -2.26. The van der Waals surface area contributed by atoms with Crippen LogP contribution in [0.25, 0.3) is 0 Å². The average Bonchev–Trinajstić information content (AvgIpc) is 3.00. The van der Waals surface area contributed by atoms with Crippen LogP contribution in [0.1, 0.15) is 50.7 Å². The minimum Gasteiger partial charge on any atom is -0.465 e. The maximum atomic E-state index is 5.83. The SMILES string of the molecule is Cc1oc(CNC2CC2)cc1CN(C)CC(C)(C)C. The Morgan fingerprint density at radius 3 is 2.63 bits per heavy atom. The van der Waals surface area contributed by atoms with Crippen molar-refractivity contribution >= 4 is 0 Å². The third-order valence-corrected chi connectivity index (χ3v) is 3.40. The first kappa shape index (κ1) is 14.6. The van der Waals surface area contributed by atoms with Crippen LogP contribution in [0.15, 0.2) is 10.5 Å². The van der Waals surface area contributed by atoms with Gasteiger partial charge >= 0.3 is 0 Å². The highest BCUT2D eigenvalue weighted by Crippen LogP contribution is 2.22. The van der Waals surface area contributed by atoms with Crippen LogP contribution in [0.4, 0.5) is 0 Å². The molecule has 1 aromatic rings. The van der Waals surface area contributed by atoms with E-state index in [9.17, 15) is 0 Å². The zero-order valence-electron chi connectivity index (χ0n) is 13.0. The third kappa shape index (κ3) is 5.00. The highest BCUT2D eigenvalue weighted by Gasteiger charge is 2.21. The number of nitrogens with one attached hydrogen (secondary N) is 1. The zero-order valence-corrected chi connectivity index (χ0v) is 13.0. The van der Waals surface area contributed by atoms with Gasteiger partial charge in [0.1, 0.15) is 11.5 Å². The van der Waals surface area contributed by atoms with Gasteiger partial charge in [0.25, 0.3) is 0 Å². The van der Waals surface area contributed by atoms with Crippen LogP contribution in [0, 0.1) is 12.3 Å². The standard InChI is InChI=1S/C16H28N2O/c1-12-13(10-18(5)11-16(2,3)4)8-15(19-12)9-17-14-6-7-14/h8,14,17H,6-7,9-11H2,1-5H3. The number of aryl methyl sites for hydroxylation is 1. The molecule has 1 heterocycles. The molecular formula is C16H28N2O. The van der Waals surface area contributed by atoms with E-state index in [0.717, 1.165) is 37.2 Å². The molecule has 108 valence electrons. The molecule has 2 rings (SSSR count). The lowest BCUT2D eigenvalue weighted by atomic mass is 9.96. The number of hydrogen-bond donors (Lipinski definition) is 1. The first-order valence-corrected chi connectivity index (χ1v) is 7.33. The Kier molecular flexibility index (Phi) is 4.36. The summed E-state index contributed by atoms with van der Waals surface area (Å²) in [6, 6.07) is 2.95. The van der Waals surface area contributed by atoms with Crippen molar-refractivity contribution in [2.24, 2.45) is 5.41 Å². The van der Waals surface area contributed by atoms with E-state index in [1.165, 1.54) is 18.4 Å². The molecule has 0 aromatic carbocycles. The number of nitrogens with zero attached hydrogens (tertiary/aromatic N) is 1. The fourth-order valence-corrected chi connectivity index (χ4v) is 2.52. The predicted molar refractivity (Wildman–Crippen MR) is 79.1 cm³/mol. The maximum absolute atomic E-state index is 5.83. The molecule has 19 heavy (non-hydrogen) atoms. The summed E-state index contributed by atoms with van der Waals surface area (Å²) in [4.78, 5) is 2.37. The van der Waals surface area contributed by atoms with Gasteiger partial charge in [-0.05, 0) is 38.3 Å². The Bertz CT molecular complexity index is 413. The van der Waals surface area contributed by atoms with Gasteiger partial charge in [-0.2, -0.15) is 0 Å². The van der Waals surface area contributed by atoms with Crippen molar-refractivity contribution in [3.05, 3.63) is 23.2 Å². The summed E-state index contributed by atoms with van der Waals surface area (Å²) in [6.07, 6.45) is 2.64. The van der Waals surface area contributed by atoms with Crippen LogP contribution >= 0.6 is 0 Å². The summed E-state index contributed by atoms with van der Waals surface area (Å²) in [6.45, 7) is 11.8. The van der Waals surface area contributed by atoms with Gasteiger partial charge < -0.3 is 14.6 Å². The van der Waals surface area contributed by atoms with E-state index in [4.69, 9.17) is 4.42 Å². The Hall–Kier alpha value is -0.800. The Morgan fingerprint density at radius 1 is 1.37 bits per heavy atom. The molecule has 1 saturated carbocycles. The van der Waals surface area contributed by atoms with Gasteiger partial charge in [-0.25, -0.2) is 0 Å². The summed E-state index contributed by atoms with van der Waals surface area (Å²) in [5, 5.41) is 3.50. The Labute approximate surface area is 117 Å². The van der Waals surface area contributed by atoms with Crippen LogP contribution in [0.5, 0.6) is 0 Å². The summed E-state index contributed by atoms with van der Waals surface area (Å²) in [5.41, 5.74) is 1.65. The van der Waals surface area contributed by atoms with Gasteiger partial charge in [0.2, 0.25) is 0 Å². The highest BCUT2D eigenvalue weighted by atomic mass is 16.3. The molecule has 0 aliphatic heterocycles. The molecule has 1 aliphatic rings. The molecule has 0 radical (unpaired) electrons. The van der Waals surface area contributed by atoms with E-state index in [1.54, 1.807) is 0 Å². The number of rotatable bonds is 6. The largest absolute Gasteiger partial charge is 0.465 e. The van der Waals surface area contributed by atoms with Crippen molar-refractivity contribution in [2.75, 3.05) is 13.6 Å². The molecular weight excluding hydrogens is 236 g/mol. The fraction of sp³-hybridized carbons (Fsp3) is 0.750. The molecule has 3 nitrogen and oxygen atoms in total.